The first-order valence-corrected chi connectivity index (χ1v) is 9.52. The molecule has 0 aliphatic rings. The molecule has 1 N–H and O–H groups in total. The third-order valence-corrected chi connectivity index (χ3v) is 4.73. The fraction of sp³-hybridized carbons (Fsp3) is 0.190. The monoisotopic (exact) mass is 442 g/mol. The van der Waals surface area contributed by atoms with Crippen molar-refractivity contribution >= 4 is 22.8 Å². The van der Waals surface area contributed by atoms with Gasteiger partial charge in [-0.3, -0.25) is 14.2 Å². The van der Waals surface area contributed by atoms with Crippen LogP contribution in [-0.2, 0) is 24.1 Å². The Bertz CT molecular complexity index is 1340. The fourth-order valence-electron chi connectivity index (χ4n) is 3.12. The topological polar surface area (TPSA) is 94.7 Å². The highest BCUT2D eigenvalue weighted by atomic mass is 19.4. The lowest BCUT2D eigenvalue weighted by molar-refractivity contribution is -0.137. The molecule has 2 aromatic heterocycles. The van der Waals surface area contributed by atoms with Crippen LogP contribution in [0.25, 0.3) is 11.2 Å². The van der Waals surface area contributed by atoms with E-state index in [1.54, 1.807) is 12.1 Å². The summed E-state index contributed by atoms with van der Waals surface area (Å²) in [6.45, 7) is 1.59. The summed E-state index contributed by atoms with van der Waals surface area (Å²) in [5.41, 5.74) is 0.635. The first-order valence-electron chi connectivity index (χ1n) is 9.52. The van der Waals surface area contributed by atoms with Gasteiger partial charge in [-0.05, 0) is 36.8 Å². The van der Waals surface area contributed by atoms with E-state index < -0.39 is 23.2 Å². The lowest BCUT2D eigenvalue weighted by Gasteiger charge is -2.09. The molecule has 0 spiro atoms. The van der Waals surface area contributed by atoms with Gasteiger partial charge in [-0.1, -0.05) is 35.0 Å². The summed E-state index contributed by atoms with van der Waals surface area (Å²) in [6, 6.07) is 12.0. The molecular formula is C21H17F3N6O2. The van der Waals surface area contributed by atoms with E-state index in [2.05, 4.69) is 20.6 Å². The molecule has 0 radical (unpaired) electrons. The average Bonchev–Trinajstić information content (AvgIpc) is 3.15. The maximum absolute atomic E-state index is 12.9. The highest BCUT2D eigenvalue weighted by Gasteiger charge is 2.30. The van der Waals surface area contributed by atoms with Gasteiger partial charge < -0.3 is 5.32 Å². The number of hydrogen-bond acceptors (Lipinski definition) is 5. The number of nitrogens with zero attached hydrogens (tertiary/aromatic N) is 5. The number of fused-ring (bicyclic) bond motifs is 1. The molecule has 4 aromatic rings. The van der Waals surface area contributed by atoms with Crippen LogP contribution < -0.4 is 10.9 Å². The third kappa shape index (κ3) is 4.51. The Morgan fingerprint density at radius 3 is 2.59 bits per heavy atom. The minimum atomic E-state index is -4.47. The van der Waals surface area contributed by atoms with Crippen LogP contribution in [0.5, 0.6) is 0 Å². The highest BCUT2D eigenvalue weighted by Crippen LogP contribution is 2.29. The van der Waals surface area contributed by atoms with Crippen molar-refractivity contribution in [3.05, 3.63) is 81.9 Å². The molecular weight excluding hydrogens is 425 g/mol. The lowest BCUT2D eigenvalue weighted by atomic mass is 10.1. The number of carbonyl (C=O) groups excluding carboxylic acids is 1. The quantitative estimate of drug-likeness (QED) is 0.513. The minimum Gasteiger partial charge on any atom is -0.325 e. The van der Waals surface area contributed by atoms with E-state index >= 15 is 0 Å². The van der Waals surface area contributed by atoms with Gasteiger partial charge in [0.15, 0.2) is 11.2 Å². The number of amides is 1. The SMILES string of the molecule is Cc1ccc(NC(=O)Cn2cnc3c(nnn3Cc3cccc(C(F)(F)F)c3)c2=O)cc1. The van der Waals surface area contributed by atoms with Gasteiger partial charge in [-0.15, -0.1) is 5.10 Å². The van der Waals surface area contributed by atoms with E-state index in [9.17, 15) is 22.8 Å². The van der Waals surface area contributed by atoms with E-state index in [4.69, 9.17) is 0 Å². The molecule has 0 unspecified atom stereocenters. The standard InChI is InChI=1S/C21H17F3N6O2/c1-13-5-7-16(8-6-13)26-17(31)11-29-12-25-19-18(20(29)32)27-28-30(19)10-14-3-2-4-15(9-14)21(22,23)24/h2-9,12H,10-11H2,1H3,(H,26,31). The van der Waals surface area contributed by atoms with Crippen LogP contribution in [0, 0.1) is 6.92 Å². The van der Waals surface area contributed by atoms with Crippen LogP contribution in [-0.4, -0.2) is 30.5 Å². The predicted molar refractivity (Wildman–Crippen MR) is 110 cm³/mol. The van der Waals surface area contributed by atoms with Gasteiger partial charge in [-0.25, -0.2) is 9.67 Å². The number of hydrogen-bond donors (Lipinski definition) is 1. The Kier molecular flexibility index (Phi) is 5.47. The van der Waals surface area contributed by atoms with Crippen molar-refractivity contribution in [3.8, 4) is 0 Å². The molecule has 2 heterocycles. The summed E-state index contributed by atoms with van der Waals surface area (Å²) in [5, 5.41) is 10.3. The molecule has 0 saturated heterocycles. The number of alkyl halides is 3. The van der Waals surface area contributed by atoms with E-state index in [0.717, 1.165) is 22.3 Å². The lowest BCUT2D eigenvalue weighted by Crippen LogP contribution is -2.28. The van der Waals surface area contributed by atoms with Crippen molar-refractivity contribution in [1.29, 1.82) is 0 Å². The fourth-order valence-corrected chi connectivity index (χ4v) is 3.12. The maximum atomic E-state index is 12.9. The van der Waals surface area contributed by atoms with Crippen LogP contribution in [0.1, 0.15) is 16.7 Å². The average molecular weight is 442 g/mol. The Morgan fingerprint density at radius 1 is 1.12 bits per heavy atom. The molecule has 11 heteroatoms. The molecule has 164 valence electrons. The number of benzene rings is 2. The van der Waals surface area contributed by atoms with Crippen molar-refractivity contribution < 1.29 is 18.0 Å². The number of halogens is 3. The van der Waals surface area contributed by atoms with E-state index in [0.29, 0.717) is 11.3 Å². The second-order valence-corrected chi connectivity index (χ2v) is 7.21. The molecule has 4 rings (SSSR count). The first-order chi connectivity index (χ1) is 15.2. The van der Waals surface area contributed by atoms with Crippen LogP contribution >= 0.6 is 0 Å². The van der Waals surface area contributed by atoms with Crippen molar-refractivity contribution in [2.45, 2.75) is 26.2 Å². The molecule has 0 aliphatic carbocycles. The molecule has 1 amide bonds. The molecule has 0 aliphatic heterocycles. The number of aromatic nitrogens is 5. The summed E-state index contributed by atoms with van der Waals surface area (Å²) in [6.07, 6.45) is -3.28. The van der Waals surface area contributed by atoms with Crippen LogP contribution in [0.3, 0.4) is 0 Å². The van der Waals surface area contributed by atoms with Crippen molar-refractivity contribution in [1.82, 2.24) is 24.5 Å². The normalized spacial score (nSPS) is 11.6. The molecule has 32 heavy (non-hydrogen) atoms. The Morgan fingerprint density at radius 2 is 1.88 bits per heavy atom. The Labute approximate surface area is 179 Å². The summed E-state index contributed by atoms with van der Waals surface area (Å²) < 4.78 is 41.1. The summed E-state index contributed by atoms with van der Waals surface area (Å²) in [4.78, 5) is 29.1. The maximum Gasteiger partial charge on any atom is 0.416 e. The van der Waals surface area contributed by atoms with Gasteiger partial charge in [0.25, 0.3) is 5.56 Å². The number of nitrogens with one attached hydrogen (secondary N) is 1. The van der Waals surface area contributed by atoms with E-state index in [1.807, 2.05) is 19.1 Å². The van der Waals surface area contributed by atoms with Gasteiger partial charge in [0.05, 0.1) is 12.1 Å². The van der Waals surface area contributed by atoms with Crippen LogP contribution in [0.2, 0.25) is 0 Å². The highest BCUT2D eigenvalue weighted by molar-refractivity contribution is 5.90. The van der Waals surface area contributed by atoms with Gasteiger partial charge in [-0.2, -0.15) is 13.2 Å². The molecule has 0 atom stereocenters. The van der Waals surface area contributed by atoms with E-state index in [1.165, 1.54) is 23.1 Å². The number of rotatable bonds is 5. The predicted octanol–water partition coefficient (Wildman–Crippen LogP) is 3.00. The molecule has 0 fully saturated rings. The van der Waals surface area contributed by atoms with Crippen molar-refractivity contribution in [3.63, 3.8) is 0 Å². The third-order valence-electron chi connectivity index (χ3n) is 4.73. The smallest absolute Gasteiger partial charge is 0.325 e. The second-order valence-electron chi connectivity index (χ2n) is 7.21. The summed E-state index contributed by atoms with van der Waals surface area (Å²) in [7, 11) is 0. The van der Waals surface area contributed by atoms with E-state index in [-0.39, 0.29) is 24.3 Å². The molecule has 8 nitrogen and oxygen atoms in total. The zero-order valence-electron chi connectivity index (χ0n) is 16.8. The zero-order chi connectivity index (χ0) is 22.9. The summed E-state index contributed by atoms with van der Waals surface area (Å²) in [5.74, 6) is -0.423. The van der Waals surface area contributed by atoms with Crippen molar-refractivity contribution in [2.75, 3.05) is 5.32 Å². The number of aryl methyl sites for hydroxylation is 1. The largest absolute Gasteiger partial charge is 0.416 e. The molecule has 2 aromatic carbocycles. The van der Waals surface area contributed by atoms with Gasteiger partial charge in [0.2, 0.25) is 5.91 Å². The van der Waals surface area contributed by atoms with Crippen LogP contribution in [0.15, 0.2) is 59.7 Å². The van der Waals surface area contributed by atoms with Gasteiger partial charge in [0, 0.05) is 5.69 Å². The molecule has 0 bridgehead atoms. The Hall–Kier alpha value is -4.02. The minimum absolute atomic E-state index is 0.0508. The molecule has 0 saturated carbocycles. The Balaban J connectivity index is 1.54. The van der Waals surface area contributed by atoms with Gasteiger partial charge >= 0.3 is 6.18 Å². The number of carbonyl (C=O) groups is 1. The summed E-state index contributed by atoms with van der Waals surface area (Å²) >= 11 is 0. The second kappa shape index (κ2) is 8.25. The zero-order valence-corrected chi connectivity index (χ0v) is 16.8. The first kappa shape index (κ1) is 21.2. The van der Waals surface area contributed by atoms with Crippen molar-refractivity contribution in [2.24, 2.45) is 0 Å². The number of anilines is 1. The van der Waals surface area contributed by atoms with Gasteiger partial charge in [0.1, 0.15) is 12.9 Å². The van der Waals surface area contributed by atoms with Crippen LogP contribution in [0.4, 0.5) is 18.9 Å².